The zero-order chi connectivity index (χ0) is 24.2. The van der Waals surface area contributed by atoms with E-state index >= 15 is 0 Å². The van der Waals surface area contributed by atoms with E-state index in [1.807, 2.05) is 29.7 Å². The first-order chi connectivity index (χ1) is 16.6. The van der Waals surface area contributed by atoms with Crippen molar-refractivity contribution < 1.29 is 24.2 Å². The average molecular weight is 488 g/mol. The van der Waals surface area contributed by atoms with Crippen LogP contribution in [0.1, 0.15) is 50.0 Å². The summed E-state index contributed by atoms with van der Waals surface area (Å²) in [5.74, 6) is -0.0997. The lowest BCUT2D eigenvalue weighted by atomic mass is 9.95. The number of benzene rings is 1. The number of carbonyl (C=O) groups is 2. The van der Waals surface area contributed by atoms with E-state index in [1.54, 1.807) is 23.5 Å². The maximum atomic E-state index is 12.7. The Balaban J connectivity index is 1.43. The van der Waals surface area contributed by atoms with Gasteiger partial charge < -0.3 is 30.9 Å². The molecule has 0 saturated carbocycles. The highest BCUT2D eigenvalue weighted by Crippen LogP contribution is 2.32. The molecule has 3 rings (SSSR count). The first kappa shape index (κ1) is 25.7. The number of nitrogens with two attached hydrogens (primary N) is 1. The van der Waals surface area contributed by atoms with Gasteiger partial charge in [-0.25, -0.2) is 0 Å². The molecule has 0 unspecified atom stereocenters. The number of aliphatic hydroxyl groups is 1. The zero-order valence-electron chi connectivity index (χ0n) is 19.2. The Hall–Kier alpha value is -2.88. The molecule has 34 heavy (non-hydrogen) atoms. The highest BCUT2D eigenvalue weighted by molar-refractivity contribution is 7.08. The van der Waals surface area contributed by atoms with Gasteiger partial charge in [-0.15, -0.1) is 0 Å². The van der Waals surface area contributed by atoms with Crippen LogP contribution >= 0.6 is 11.3 Å². The van der Waals surface area contributed by atoms with Crippen LogP contribution in [0.15, 0.2) is 52.9 Å². The van der Waals surface area contributed by atoms with E-state index in [2.05, 4.69) is 16.0 Å². The van der Waals surface area contributed by atoms with Crippen molar-refractivity contribution in [2.45, 2.75) is 50.7 Å². The number of para-hydroxylation sites is 2. The van der Waals surface area contributed by atoms with Crippen LogP contribution in [0.25, 0.3) is 0 Å². The first-order valence-corrected chi connectivity index (χ1v) is 12.6. The van der Waals surface area contributed by atoms with Crippen LogP contribution in [0, 0.1) is 0 Å². The maximum absolute atomic E-state index is 12.7. The van der Waals surface area contributed by atoms with E-state index < -0.39 is 6.29 Å². The van der Waals surface area contributed by atoms with E-state index in [1.165, 1.54) is 0 Å². The van der Waals surface area contributed by atoms with Crippen molar-refractivity contribution in [1.82, 2.24) is 5.32 Å². The Kier molecular flexibility index (Phi) is 10.4. The summed E-state index contributed by atoms with van der Waals surface area (Å²) in [5, 5.41) is 18.7. The summed E-state index contributed by atoms with van der Waals surface area (Å²) < 4.78 is 11.6. The van der Waals surface area contributed by atoms with Crippen molar-refractivity contribution >= 4 is 34.5 Å². The number of hydrogen-bond acceptors (Lipinski definition) is 7. The second-order valence-electron chi connectivity index (χ2n) is 8.13. The van der Waals surface area contributed by atoms with Gasteiger partial charge in [0, 0.05) is 31.9 Å². The van der Waals surface area contributed by atoms with Crippen LogP contribution in [0.3, 0.4) is 0 Å². The minimum absolute atomic E-state index is 0.0395. The first-order valence-electron chi connectivity index (χ1n) is 11.6. The molecule has 1 aromatic carbocycles. The van der Waals surface area contributed by atoms with Crippen LogP contribution in [0.4, 0.5) is 11.4 Å². The topological polar surface area (TPSA) is 123 Å². The van der Waals surface area contributed by atoms with Gasteiger partial charge in [-0.3, -0.25) is 9.59 Å². The number of thiophene rings is 1. The fourth-order valence-electron chi connectivity index (χ4n) is 3.59. The fourth-order valence-corrected chi connectivity index (χ4v) is 4.31. The predicted octanol–water partition coefficient (Wildman–Crippen LogP) is 3.76. The predicted molar refractivity (Wildman–Crippen MR) is 133 cm³/mol. The van der Waals surface area contributed by atoms with E-state index in [4.69, 9.17) is 20.3 Å². The second-order valence-corrected chi connectivity index (χ2v) is 8.91. The van der Waals surface area contributed by atoms with Crippen molar-refractivity contribution in [2.75, 3.05) is 30.8 Å². The van der Waals surface area contributed by atoms with Gasteiger partial charge in [0.05, 0.1) is 18.0 Å². The normalized spacial score (nSPS) is 17.5. The highest BCUT2D eigenvalue weighted by Gasteiger charge is 2.28. The Morgan fingerprint density at radius 3 is 2.79 bits per heavy atom. The van der Waals surface area contributed by atoms with Crippen LogP contribution < -0.4 is 16.4 Å². The molecule has 1 aromatic heterocycles. The number of aliphatic hydroxyl groups excluding tert-OH is 1. The van der Waals surface area contributed by atoms with Crippen LogP contribution in [-0.2, 0) is 19.1 Å². The third kappa shape index (κ3) is 8.16. The average Bonchev–Trinajstić information content (AvgIpc) is 3.38. The van der Waals surface area contributed by atoms with Gasteiger partial charge in [-0.1, -0.05) is 12.1 Å². The molecule has 0 saturated heterocycles. The van der Waals surface area contributed by atoms with Crippen LogP contribution in [0.2, 0.25) is 0 Å². The molecule has 5 N–H and O–H groups in total. The molecular formula is C25H33N3O5S. The SMILES string of the molecule is Nc1ccccc1NC(=O)CCCCNC(=O)C1=C[C@@H](c2ccsc2)C[C@@H](OCCCCO)O1. The third-order valence-corrected chi connectivity index (χ3v) is 6.16. The number of anilines is 2. The molecule has 8 nitrogen and oxygen atoms in total. The summed E-state index contributed by atoms with van der Waals surface area (Å²) in [7, 11) is 0. The van der Waals surface area contributed by atoms with E-state index in [9.17, 15) is 9.59 Å². The molecular weight excluding hydrogens is 454 g/mol. The van der Waals surface area contributed by atoms with Crippen molar-refractivity contribution in [1.29, 1.82) is 0 Å². The number of unbranched alkanes of at least 4 members (excludes halogenated alkanes) is 2. The molecule has 1 aliphatic heterocycles. The standard InChI is InChI=1S/C25H33N3O5S/c26-20-7-1-2-8-21(20)28-23(30)9-3-4-11-27-25(31)22-15-19(18-10-14-34-17-18)16-24(33-22)32-13-6-5-12-29/h1-2,7-8,10,14-15,17,19,24,29H,3-6,9,11-13,16,26H2,(H,27,31)(H,28,30)/t19-,24+/m1/s1. The van der Waals surface area contributed by atoms with Crippen LogP contribution in [-0.4, -0.2) is 43.0 Å². The zero-order valence-corrected chi connectivity index (χ0v) is 20.0. The van der Waals surface area contributed by atoms with E-state index in [-0.39, 0.29) is 30.1 Å². The number of hydrogen-bond donors (Lipinski definition) is 4. The van der Waals surface area contributed by atoms with Crippen molar-refractivity contribution in [3.8, 4) is 0 Å². The van der Waals surface area contributed by atoms with E-state index in [0.29, 0.717) is 56.6 Å². The lowest BCUT2D eigenvalue weighted by molar-refractivity contribution is -0.146. The summed E-state index contributed by atoms with van der Waals surface area (Å²) in [6.45, 7) is 1.03. The molecule has 184 valence electrons. The number of allylic oxidation sites excluding steroid dienone is 1. The molecule has 2 atom stereocenters. The molecule has 0 radical (unpaired) electrons. The molecule has 1 aliphatic rings. The summed E-state index contributed by atoms with van der Waals surface area (Å²) in [5.41, 5.74) is 8.11. The van der Waals surface area contributed by atoms with E-state index in [0.717, 1.165) is 12.0 Å². The minimum Gasteiger partial charge on any atom is -0.459 e. The maximum Gasteiger partial charge on any atom is 0.286 e. The minimum atomic E-state index is -0.511. The van der Waals surface area contributed by atoms with Gasteiger partial charge in [0.2, 0.25) is 12.2 Å². The molecule has 2 aromatic rings. The number of nitrogens with one attached hydrogen (secondary N) is 2. The smallest absolute Gasteiger partial charge is 0.286 e. The molecule has 0 bridgehead atoms. The Morgan fingerprint density at radius 1 is 1.18 bits per heavy atom. The Labute approximate surface area is 204 Å². The summed E-state index contributed by atoms with van der Waals surface area (Å²) in [6.07, 6.45) is 5.00. The van der Waals surface area contributed by atoms with Gasteiger partial charge in [-0.2, -0.15) is 11.3 Å². The molecule has 0 spiro atoms. The van der Waals surface area contributed by atoms with Crippen molar-refractivity contribution in [3.63, 3.8) is 0 Å². The number of rotatable bonds is 13. The quantitative estimate of drug-likeness (QED) is 0.252. The Bertz CT molecular complexity index is 948. The lowest BCUT2D eigenvalue weighted by Gasteiger charge is -2.29. The van der Waals surface area contributed by atoms with Crippen LogP contribution in [0.5, 0.6) is 0 Å². The molecule has 2 heterocycles. The summed E-state index contributed by atoms with van der Waals surface area (Å²) >= 11 is 1.61. The number of carbonyl (C=O) groups excluding carboxylic acids is 2. The molecule has 9 heteroatoms. The number of amides is 2. The largest absolute Gasteiger partial charge is 0.459 e. The van der Waals surface area contributed by atoms with Gasteiger partial charge in [0.15, 0.2) is 5.76 Å². The monoisotopic (exact) mass is 487 g/mol. The fraction of sp³-hybridized carbons (Fsp3) is 0.440. The molecule has 2 amide bonds. The molecule has 0 fully saturated rings. The highest BCUT2D eigenvalue weighted by atomic mass is 32.1. The summed E-state index contributed by atoms with van der Waals surface area (Å²) in [6, 6.07) is 9.17. The van der Waals surface area contributed by atoms with Gasteiger partial charge >= 0.3 is 0 Å². The molecule has 0 aliphatic carbocycles. The van der Waals surface area contributed by atoms with Gasteiger partial charge in [-0.05, 0) is 66.3 Å². The third-order valence-electron chi connectivity index (χ3n) is 5.46. The number of ether oxygens (including phenoxy) is 2. The number of nitrogen functional groups attached to an aromatic ring is 1. The van der Waals surface area contributed by atoms with Gasteiger partial charge in [0.25, 0.3) is 5.91 Å². The Morgan fingerprint density at radius 2 is 2.03 bits per heavy atom. The lowest BCUT2D eigenvalue weighted by Crippen LogP contribution is -2.33. The second kappa shape index (κ2) is 13.7. The summed E-state index contributed by atoms with van der Waals surface area (Å²) in [4.78, 5) is 24.8. The van der Waals surface area contributed by atoms with Gasteiger partial charge in [0.1, 0.15) is 0 Å². The van der Waals surface area contributed by atoms with Crippen molar-refractivity contribution in [2.24, 2.45) is 0 Å². The van der Waals surface area contributed by atoms with Crippen molar-refractivity contribution in [3.05, 3.63) is 58.5 Å².